The Balaban J connectivity index is 1.89. The van der Waals surface area contributed by atoms with Crippen molar-refractivity contribution in [3.05, 3.63) is 48.2 Å². The molecule has 0 aliphatic carbocycles. The molecule has 0 saturated carbocycles. The number of rotatable bonds is 5. The number of nitrogens with one attached hydrogen (secondary N) is 1. The highest BCUT2D eigenvalue weighted by atomic mass is 16.5. The second-order valence-electron chi connectivity index (χ2n) is 5.67. The van der Waals surface area contributed by atoms with Gasteiger partial charge in [0.25, 0.3) is 5.89 Å². The van der Waals surface area contributed by atoms with Gasteiger partial charge in [0.05, 0.1) is 5.56 Å². The summed E-state index contributed by atoms with van der Waals surface area (Å²) in [4.78, 5) is 20.6. The minimum atomic E-state index is -0.0311. The lowest BCUT2D eigenvalue weighted by molar-refractivity contribution is 0.0939. The van der Waals surface area contributed by atoms with Crippen LogP contribution in [0.4, 0.5) is 5.82 Å². The molecule has 24 heavy (non-hydrogen) atoms. The first-order chi connectivity index (χ1) is 11.6. The monoisotopic (exact) mass is 322 g/mol. The summed E-state index contributed by atoms with van der Waals surface area (Å²) in [7, 11) is 1.79. The Labute approximate surface area is 139 Å². The molecule has 1 N–H and O–H groups in total. The molecule has 0 spiro atoms. The van der Waals surface area contributed by atoms with Gasteiger partial charge in [0, 0.05) is 30.3 Å². The molecule has 3 rings (SSSR count). The largest absolute Gasteiger partial charge is 0.373 e. The third-order valence-corrected chi connectivity index (χ3v) is 3.65. The molecule has 0 amide bonds. The number of nitrogens with zero attached hydrogens (tertiary/aromatic N) is 3. The summed E-state index contributed by atoms with van der Waals surface area (Å²) in [6.07, 6.45) is 1.70. The van der Waals surface area contributed by atoms with Crippen LogP contribution >= 0.6 is 0 Å². The Hall–Kier alpha value is -3.02. The summed E-state index contributed by atoms with van der Waals surface area (Å²) in [5, 5.41) is 7.03. The third kappa shape index (κ3) is 3.03. The van der Waals surface area contributed by atoms with Crippen LogP contribution in [-0.2, 0) is 0 Å². The summed E-state index contributed by atoms with van der Waals surface area (Å²) in [6, 6.07) is 10.9. The van der Waals surface area contributed by atoms with Gasteiger partial charge in [-0.2, -0.15) is 4.98 Å². The van der Waals surface area contributed by atoms with Crippen molar-refractivity contribution in [1.29, 1.82) is 0 Å². The normalized spacial score (nSPS) is 10.8. The van der Waals surface area contributed by atoms with E-state index >= 15 is 0 Å². The lowest BCUT2D eigenvalue weighted by Crippen LogP contribution is -2.06. The molecule has 0 saturated heterocycles. The first-order valence-corrected chi connectivity index (χ1v) is 7.71. The highest BCUT2D eigenvalue weighted by Gasteiger charge is 2.15. The van der Waals surface area contributed by atoms with Crippen LogP contribution in [0.5, 0.6) is 0 Å². The first-order valence-electron chi connectivity index (χ1n) is 7.71. The predicted molar refractivity (Wildman–Crippen MR) is 91.7 cm³/mol. The highest BCUT2D eigenvalue weighted by Crippen LogP contribution is 2.26. The average molecular weight is 322 g/mol. The number of benzene rings is 1. The molecule has 0 aliphatic rings. The number of anilines is 1. The predicted octanol–water partition coefficient (Wildman–Crippen LogP) is 3.68. The van der Waals surface area contributed by atoms with Gasteiger partial charge in [0.2, 0.25) is 5.82 Å². The lowest BCUT2D eigenvalue weighted by Gasteiger charge is -2.04. The zero-order valence-corrected chi connectivity index (χ0v) is 13.8. The van der Waals surface area contributed by atoms with Crippen LogP contribution in [-0.4, -0.2) is 28.0 Å². The van der Waals surface area contributed by atoms with Gasteiger partial charge in [-0.1, -0.05) is 31.1 Å². The van der Waals surface area contributed by atoms with Crippen LogP contribution in [0.2, 0.25) is 0 Å². The molecule has 2 aromatic heterocycles. The van der Waals surface area contributed by atoms with E-state index in [1.165, 1.54) is 0 Å². The van der Waals surface area contributed by atoms with Crippen LogP contribution in [0.15, 0.2) is 47.1 Å². The molecule has 6 heteroatoms. The Kier molecular flexibility index (Phi) is 4.37. The second-order valence-corrected chi connectivity index (χ2v) is 5.67. The van der Waals surface area contributed by atoms with E-state index in [4.69, 9.17) is 4.52 Å². The topological polar surface area (TPSA) is 80.9 Å². The third-order valence-electron chi connectivity index (χ3n) is 3.65. The van der Waals surface area contributed by atoms with Crippen LogP contribution in [0.25, 0.3) is 22.8 Å². The average Bonchev–Trinajstić information content (AvgIpc) is 3.11. The van der Waals surface area contributed by atoms with Gasteiger partial charge >= 0.3 is 0 Å². The van der Waals surface area contributed by atoms with Crippen molar-refractivity contribution in [3.8, 4) is 22.8 Å². The summed E-state index contributed by atoms with van der Waals surface area (Å²) < 4.78 is 5.35. The van der Waals surface area contributed by atoms with E-state index in [1.54, 1.807) is 25.4 Å². The van der Waals surface area contributed by atoms with E-state index in [1.807, 2.05) is 38.1 Å². The standard InChI is InChI=1S/C18H18N4O2/c1-11(2)15(23)12-6-8-13(9-7-12)18-21-17(22-24-18)14-5-4-10-20-16(14)19-3/h4-11H,1-3H3,(H,19,20). The number of ketones is 1. The van der Waals surface area contributed by atoms with E-state index in [9.17, 15) is 4.79 Å². The van der Waals surface area contributed by atoms with Crippen molar-refractivity contribution in [2.75, 3.05) is 12.4 Å². The first kappa shape index (κ1) is 15.9. The lowest BCUT2D eigenvalue weighted by atomic mass is 10.00. The highest BCUT2D eigenvalue weighted by molar-refractivity contribution is 5.97. The fourth-order valence-electron chi connectivity index (χ4n) is 2.35. The molecule has 0 radical (unpaired) electrons. The van der Waals surface area contributed by atoms with Crippen LogP contribution in [0.3, 0.4) is 0 Å². The zero-order valence-electron chi connectivity index (χ0n) is 13.8. The number of carbonyl (C=O) groups excluding carboxylic acids is 1. The van der Waals surface area contributed by atoms with Gasteiger partial charge in [-0.3, -0.25) is 4.79 Å². The van der Waals surface area contributed by atoms with Crippen molar-refractivity contribution in [3.63, 3.8) is 0 Å². The number of Topliss-reactive ketones (excluding diaryl/α,β-unsaturated/α-hetero) is 1. The Morgan fingerprint density at radius 2 is 1.92 bits per heavy atom. The number of hydrogen-bond acceptors (Lipinski definition) is 6. The van der Waals surface area contributed by atoms with E-state index < -0.39 is 0 Å². The Morgan fingerprint density at radius 3 is 2.58 bits per heavy atom. The molecule has 2 heterocycles. The maximum Gasteiger partial charge on any atom is 0.258 e. The number of carbonyl (C=O) groups is 1. The van der Waals surface area contributed by atoms with Gasteiger partial charge in [-0.25, -0.2) is 4.98 Å². The second kappa shape index (κ2) is 6.62. The van der Waals surface area contributed by atoms with Crippen molar-refractivity contribution in [2.45, 2.75) is 13.8 Å². The fourth-order valence-corrected chi connectivity index (χ4v) is 2.35. The van der Waals surface area contributed by atoms with Crippen molar-refractivity contribution in [2.24, 2.45) is 5.92 Å². The molecule has 0 bridgehead atoms. The Bertz CT molecular complexity index is 853. The van der Waals surface area contributed by atoms with Crippen molar-refractivity contribution >= 4 is 11.6 Å². The van der Waals surface area contributed by atoms with E-state index in [0.717, 1.165) is 11.1 Å². The Morgan fingerprint density at radius 1 is 1.17 bits per heavy atom. The van der Waals surface area contributed by atoms with Crippen LogP contribution in [0, 0.1) is 5.92 Å². The molecule has 122 valence electrons. The molecule has 3 aromatic rings. The quantitative estimate of drug-likeness (QED) is 0.722. The van der Waals surface area contributed by atoms with Gasteiger partial charge in [-0.15, -0.1) is 0 Å². The molecule has 0 atom stereocenters. The minimum absolute atomic E-state index is 0.0311. The van der Waals surface area contributed by atoms with Gasteiger partial charge in [-0.05, 0) is 24.3 Å². The van der Waals surface area contributed by atoms with Gasteiger partial charge < -0.3 is 9.84 Å². The molecule has 0 fully saturated rings. The molecule has 0 unspecified atom stereocenters. The maximum absolute atomic E-state index is 12.0. The SMILES string of the molecule is CNc1ncccc1-c1noc(-c2ccc(C(=O)C(C)C)cc2)n1. The molecule has 6 nitrogen and oxygen atoms in total. The van der Waals surface area contributed by atoms with Crippen LogP contribution < -0.4 is 5.32 Å². The molecule has 0 aliphatic heterocycles. The summed E-state index contributed by atoms with van der Waals surface area (Å²) >= 11 is 0. The summed E-state index contributed by atoms with van der Waals surface area (Å²) in [5.74, 6) is 1.63. The summed E-state index contributed by atoms with van der Waals surface area (Å²) in [5.41, 5.74) is 2.21. The van der Waals surface area contributed by atoms with E-state index in [0.29, 0.717) is 23.1 Å². The minimum Gasteiger partial charge on any atom is -0.373 e. The maximum atomic E-state index is 12.0. The number of hydrogen-bond donors (Lipinski definition) is 1. The number of aromatic nitrogens is 3. The van der Waals surface area contributed by atoms with E-state index in [2.05, 4.69) is 20.4 Å². The summed E-state index contributed by atoms with van der Waals surface area (Å²) in [6.45, 7) is 3.77. The van der Waals surface area contributed by atoms with E-state index in [-0.39, 0.29) is 11.7 Å². The molecular weight excluding hydrogens is 304 g/mol. The molecular formula is C18H18N4O2. The smallest absolute Gasteiger partial charge is 0.258 e. The fraction of sp³-hybridized carbons (Fsp3) is 0.222. The zero-order chi connectivity index (χ0) is 17.1. The van der Waals surface area contributed by atoms with Crippen LogP contribution in [0.1, 0.15) is 24.2 Å². The van der Waals surface area contributed by atoms with Crippen molar-refractivity contribution < 1.29 is 9.32 Å². The van der Waals surface area contributed by atoms with Gasteiger partial charge in [0.1, 0.15) is 5.82 Å². The van der Waals surface area contributed by atoms with Gasteiger partial charge in [0.15, 0.2) is 5.78 Å². The molecule has 1 aromatic carbocycles. The van der Waals surface area contributed by atoms with Crippen molar-refractivity contribution in [1.82, 2.24) is 15.1 Å². The number of pyridine rings is 1.